The fourth-order valence-electron chi connectivity index (χ4n) is 3.20. The number of rotatable bonds is 7. The highest BCUT2D eigenvalue weighted by molar-refractivity contribution is 8.26. The number of carbonyl (C=O) groups excluding carboxylic acids is 2. The lowest BCUT2D eigenvalue weighted by molar-refractivity contribution is -0.123. The van der Waals surface area contributed by atoms with Crippen molar-refractivity contribution < 1.29 is 23.5 Å². The van der Waals surface area contributed by atoms with Crippen molar-refractivity contribution in [3.63, 3.8) is 0 Å². The molecule has 1 N–H and O–H groups in total. The summed E-state index contributed by atoms with van der Waals surface area (Å²) in [7, 11) is 1.48. The van der Waals surface area contributed by atoms with Crippen LogP contribution in [-0.2, 0) is 11.4 Å². The molecule has 11 heteroatoms. The van der Waals surface area contributed by atoms with Gasteiger partial charge in [0.2, 0.25) is 0 Å². The molecule has 0 bridgehead atoms. The molecule has 1 saturated heterocycles. The van der Waals surface area contributed by atoms with E-state index in [0.717, 1.165) is 16.8 Å². The van der Waals surface area contributed by atoms with E-state index in [0.29, 0.717) is 32.6 Å². The van der Waals surface area contributed by atoms with Crippen LogP contribution in [0.2, 0.25) is 10.0 Å². The summed E-state index contributed by atoms with van der Waals surface area (Å²) in [4.78, 5) is 25.7. The van der Waals surface area contributed by atoms with Crippen LogP contribution >= 0.6 is 47.2 Å². The van der Waals surface area contributed by atoms with Crippen molar-refractivity contribution in [3.05, 3.63) is 98.1 Å². The number of thiocarbonyl (C=S) groups is 1. The Morgan fingerprint density at radius 1 is 1.14 bits per heavy atom. The molecule has 36 heavy (non-hydrogen) atoms. The maximum atomic E-state index is 14.1. The zero-order chi connectivity index (χ0) is 25.8. The first kappa shape index (κ1) is 26.0. The summed E-state index contributed by atoms with van der Waals surface area (Å²) in [6.45, 7) is -0.121. The number of benzene rings is 3. The molecular formula is C25H17Cl2FN2O4S2. The zero-order valence-corrected chi connectivity index (χ0v) is 21.7. The van der Waals surface area contributed by atoms with Crippen molar-refractivity contribution in [1.82, 2.24) is 10.4 Å². The number of amides is 2. The highest BCUT2D eigenvalue weighted by Crippen LogP contribution is 2.35. The van der Waals surface area contributed by atoms with Gasteiger partial charge in [-0.05, 0) is 72.4 Å². The van der Waals surface area contributed by atoms with Gasteiger partial charge in [0.1, 0.15) is 12.4 Å². The zero-order valence-electron chi connectivity index (χ0n) is 18.6. The van der Waals surface area contributed by atoms with Gasteiger partial charge in [-0.1, -0.05) is 47.1 Å². The number of methoxy groups -OCH3 is 1. The average molecular weight is 563 g/mol. The molecule has 1 fully saturated rings. The molecule has 3 aromatic carbocycles. The van der Waals surface area contributed by atoms with Crippen LogP contribution in [0.3, 0.4) is 0 Å². The Labute approximate surface area is 225 Å². The number of nitrogens with zero attached hydrogens (tertiary/aromatic N) is 1. The SMILES string of the molecule is COc1ccc(/C=C2/SC(=S)N(NC(=O)c3ccc(Cl)cc3)C2=O)cc1OCc1c(F)cccc1Cl. The Hall–Kier alpha value is -3.11. The second kappa shape index (κ2) is 11.3. The van der Waals surface area contributed by atoms with Gasteiger partial charge in [-0.15, -0.1) is 0 Å². The van der Waals surface area contributed by atoms with Crippen molar-refractivity contribution in [2.75, 3.05) is 7.11 Å². The van der Waals surface area contributed by atoms with Crippen molar-refractivity contribution in [2.45, 2.75) is 6.61 Å². The number of hydrogen-bond donors (Lipinski definition) is 1. The van der Waals surface area contributed by atoms with Crippen LogP contribution in [0.15, 0.2) is 65.6 Å². The number of halogens is 3. The second-order valence-corrected chi connectivity index (χ2v) is 9.88. The maximum absolute atomic E-state index is 14.1. The van der Waals surface area contributed by atoms with Crippen LogP contribution < -0.4 is 14.9 Å². The third-order valence-electron chi connectivity index (χ3n) is 5.03. The molecule has 6 nitrogen and oxygen atoms in total. The Kier molecular flexibility index (Phi) is 8.15. The molecular weight excluding hydrogens is 546 g/mol. The van der Waals surface area contributed by atoms with E-state index in [4.69, 9.17) is 44.9 Å². The molecule has 2 amide bonds. The lowest BCUT2D eigenvalue weighted by atomic mass is 10.1. The van der Waals surface area contributed by atoms with Crippen LogP contribution in [0.1, 0.15) is 21.5 Å². The fraction of sp³-hybridized carbons (Fsp3) is 0.0800. The van der Waals surface area contributed by atoms with Crippen LogP contribution in [0, 0.1) is 5.82 Å². The number of hydrazine groups is 1. The molecule has 0 spiro atoms. The van der Waals surface area contributed by atoms with E-state index in [2.05, 4.69) is 5.43 Å². The lowest BCUT2D eigenvalue weighted by Crippen LogP contribution is -2.44. The maximum Gasteiger partial charge on any atom is 0.285 e. The molecule has 1 heterocycles. The van der Waals surface area contributed by atoms with Gasteiger partial charge in [0.15, 0.2) is 15.8 Å². The van der Waals surface area contributed by atoms with E-state index in [-0.39, 0.29) is 21.5 Å². The van der Waals surface area contributed by atoms with Crippen molar-refractivity contribution in [2.24, 2.45) is 0 Å². The van der Waals surface area contributed by atoms with Crippen molar-refractivity contribution in [1.29, 1.82) is 0 Å². The molecule has 0 radical (unpaired) electrons. The highest BCUT2D eigenvalue weighted by atomic mass is 35.5. The first-order chi connectivity index (χ1) is 17.3. The predicted molar refractivity (Wildman–Crippen MR) is 143 cm³/mol. The largest absolute Gasteiger partial charge is 0.493 e. The summed E-state index contributed by atoms with van der Waals surface area (Å²) < 4.78 is 25.4. The average Bonchev–Trinajstić information content (AvgIpc) is 3.11. The van der Waals surface area contributed by atoms with E-state index < -0.39 is 17.6 Å². The van der Waals surface area contributed by atoms with Gasteiger partial charge in [0, 0.05) is 16.1 Å². The molecule has 1 aliphatic rings. The molecule has 4 rings (SSSR count). The molecule has 0 aliphatic carbocycles. The van der Waals surface area contributed by atoms with Gasteiger partial charge >= 0.3 is 0 Å². The molecule has 184 valence electrons. The summed E-state index contributed by atoms with van der Waals surface area (Å²) in [5, 5.41) is 1.75. The van der Waals surface area contributed by atoms with Gasteiger partial charge in [-0.2, -0.15) is 5.01 Å². The first-order valence-corrected chi connectivity index (χ1v) is 12.3. The number of carbonyl (C=O) groups is 2. The van der Waals surface area contributed by atoms with E-state index in [9.17, 15) is 14.0 Å². The van der Waals surface area contributed by atoms with Crippen molar-refractivity contribution in [3.8, 4) is 11.5 Å². The van der Waals surface area contributed by atoms with E-state index in [1.807, 2.05) is 0 Å². The summed E-state index contributed by atoms with van der Waals surface area (Å²) in [6, 6.07) is 15.6. The summed E-state index contributed by atoms with van der Waals surface area (Å²) in [5.74, 6) is -0.721. The molecule has 0 aromatic heterocycles. The molecule has 0 unspecified atom stereocenters. The second-order valence-electron chi connectivity index (χ2n) is 7.36. The van der Waals surface area contributed by atoms with Gasteiger partial charge in [-0.25, -0.2) is 4.39 Å². The van der Waals surface area contributed by atoms with Crippen molar-refractivity contribution >= 4 is 69.4 Å². The Morgan fingerprint density at radius 3 is 2.58 bits per heavy atom. The minimum atomic E-state index is -0.504. The van der Waals surface area contributed by atoms with Gasteiger partial charge in [0.25, 0.3) is 11.8 Å². The monoisotopic (exact) mass is 562 g/mol. The smallest absolute Gasteiger partial charge is 0.285 e. The number of thioether (sulfide) groups is 1. The number of nitrogens with one attached hydrogen (secondary N) is 1. The predicted octanol–water partition coefficient (Wildman–Crippen LogP) is 6.27. The Bertz CT molecular complexity index is 1360. The summed E-state index contributed by atoms with van der Waals surface area (Å²) in [6.07, 6.45) is 1.61. The first-order valence-electron chi connectivity index (χ1n) is 10.3. The quantitative estimate of drug-likeness (QED) is 0.270. The van der Waals surface area contributed by atoms with Crippen LogP contribution in [0.5, 0.6) is 11.5 Å². The van der Waals surface area contributed by atoms with E-state index >= 15 is 0 Å². The van der Waals surface area contributed by atoms with Gasteiger partial charge in [-0.3, -0.25) is 15.0 Å². The third-order valence-corrected chi connectivity index (χ3v) is 6.94. The van der Waals surface area contributed by atoms with Crippen LogP contribution in [0.4, 0.5) is 4.39 Å². The summed E-state index contributed by atoms with van der Waals surface area (Å²) >= 11 is 18.3. The number of ether oxygens (including phenoxy) is 2. The van der Waals surface area contributed by atoms with E-state index in [1.54, 1.807) is 54.6 Å². The highest BCUT2D eigenvalue weighted by Gasteiger charge is 2.33. The van der Waals surface area contributed by atoms with Crippen LogP contribution in [-0.4, -0.2) is 28.3 Å². The number of hydrogen-bond acceptors (Lipinski definition) is 6. The molecule has 1 aliphatic heterocycles. The normalized spacial score (nSPS) is 14.3. The fourth-order valence-corrected chi connectivity index (χ4v) is 4.72. The summed E-state index contributed by atoms with van der Waals surface area (Å²) in [5.41, 5.74) is 3.66. The van der Waals surface area contributed by atoms with Gasteiger partial charge < -0.3 is 9.47 Å². The molecule has 0 atom stereocenters. The topological polar surface area (TPSA) is 67.9 Å². The lowest BCUT2D eigenvalue weighted by Gasteiger charge is -2.15. The Morgan fingerprint density at radius 2 is 1.89 bits per heavy atom. The Balaban J connectivity index is 1.51. The molecule has 3 aromatic rings. The van der Waals surface area contributed by atoms with Gasteiger partial charge in [0.05, 0.1) is 17.0 Å². The molecule has 0 saturated carbocycles. The minimum Gasteiger partial charge on any atom is -0.493 e. The minimum absolute atomic E-state index is 0.121. The van der Waals surface area contributed by atoms with E-state index in [1.165, 1.54) is 19.2 Å². The van der Waals surface area contributed by atoms with Crippen LogP contribution in [0.25, 0.3) is 6.08 Å². The standard InChI is InChI=1S/C25H17Cl2FN2O4S2/c1-33-20-10-5-14(11-21(20)34-13-17-18(27)3-2-4-19(17)28)12-22-24(32)30(25(35)36-22)29-23(31)15-6-8-16(26)9-7-15/h2-12H,13H2,1H3,(H,29,31)/b22-12+. The third kappa shape index (κ3) is 5.82.